The van der Waals surface area contributed by atoms with Gasteiger partial charge in [-0.25, -0.2) is 8.42 Å². The van der Waals surface area contributed by atoms with Crippen molar-refractivity contribution in [2.75, 3.05) is 20.2 Å². The molecule has 0 saturated carbocycles. The molecule has 2 aromatic rings. The maximum Gasteiger partial charge on any atom is 0.243 e. The fourth-order valence-electron chi connectivity index (χ4n) is 3.28. The summed E-state index contributed by atoms with van der Waals surface area (Å²) in [6, 6.07) is 12.7. The van der Waals surface area contributed by atoms with Gasteiger partial charge in [-0.2, -0.15) is 4.31 Å². The van der Waals surface area contributed by atoms with Gasteiger partial charge in [0.05, 0.1) is 11.0 Å². The second-order valence-corrected chi connectivity index (χ2v) is 7.72. The predicted octanol–water partition coefficient (Wildman–Crippen LogP) is 2.39. The van der Waals surface area contributed by atoms with Gasteiger partial charge < -0.3 is 10.5 Å². The van der Waals surface area contributed by atoms with Crippen molar-refractivity contribution in [3.8, 4) is 0 Å². The summed E-state index contributed by atoms with van der Waals surface area (Å²) in [4.78, 5) is 0.352. The number of hydrogen-bond acceptors (Lipinski definition) is 4. The highest BCUT2D eigenvalue weighted by Crippen LogP contribution is 2.30. The van der Waals surface area contributed by atoms with E-state index in [-0.39, 0.29) is 24.6 Å². The molecule has 0 amide bonds. The lowest BCUT2D eigenvalue weighted by molar-refractivity contribution is 0.0402. The fourth-order valence-corrected chi connectivity index (χ4v) is 5.16. The molecule has 1 fully saturated rings. The number of hydrogen-bond donors (Lipinski definition) is 1. The van der Waals surface area contributed by atoms with Crippen LogP contribution in [0.15, 0.2) is 47.4 Å². The molecule has 0 radical (unpaired) electrons. The van der Waals surface area contributed by atoms with E-state index < -0.39 is 10.0 Å². The van der Waals surface area contributed by atoms with E-state index in [9.17, 15) is 8.42 Å². The molecule has 0 aromatic heterocycles. The number of nitrogens with two attached hydrogens (primary N) is 1. The summed E-state index contributed by atoms with van der Waals surface area (Å²) in [6.45, 7) is 0.732. The molecular formula is C17H23ClN2O3S. The second-order valence-electron chi connectivity index (χ2n) is 5.86. The molecule has 5 nitrogen and oxygen atoms in total. The molecule has 24 heavy (non-hydrogen) atoms. The Morgan fingerprint density at radius 3 is 2.62 bits per heavy atom. The Bertz CT molecular complexity index is 792. The van der Waals surface area contributed by atoms with Crippen LogP contribution in [0.25, 0.3) is 10.8 Å². The van der Waals surface area contributed by atoms with E-state index in [1.807, 2.05) is 30.3 Å². The summed E-state index contributed by atoms with van der Waals surface area (Å²) < 4.78 is 33.3. The summed E-state index contributed by atoms with van der Waals surface area (Å²) in [7, 11) is -1.92. The first kappa shape index (κ1) is 19.1. The summed E-state index contributed by atoms with van der Waals surface area (Å²) in [5.74, 6) is 0. The molecule has 1 aliphatic rings. The van der Waals surface area contributed by atoms with Crippen LogP contribution in [-0.4, -0.2) is 45.1 Å². The van der Waals surface area contributed by atoms with Gasteiger partial charge >= 0.3 is 0 Å². The molecule has 2 unspecified atom stereocenters. The van der Waals surface area contributed by atoms with Gasteiger partial charge in [0.15, 0.2) is 0 Å². The molecule has 1 heterocycles. The first-order valence-electron chi connectivity index (χ1n) is 7.80. The van der Waals surface area contributed by atoms with E-state index in [0.29, 0.717) is 30.8 Å². The monoisotopic (exact) mass is 370 g/mol. The van der Waals surface area contributed by atoms with Gasteiger partial charge in [-0.1, -0.05) is 36.4 Å². The average Bonchev–Trinajstić information content (AvgIpc) is 2.60. The Morgan fingerprint density at radius 1 is 1.21 bits per heavy atom. The Kier molecular flexibility index (Phi) is 6.22. The number of rotatable bonds is 4. The number of halogens is 1. The molecule has 3 rings (SSSR count). The summed E-state index contributed by atoms with van der Waals surface area (Å²) in [5, 5.41) is 1.67. The minimum absolute atomic E-state index is 0. The first-order chi connectivity index (χ1) is 11.1. The first-order valence-corrected chi connectivity index (χ1v) is 9.24. The van der Waals surface area contributed by atoms with Crippen LogP contribution in [0.3, 0.4) is 0 Å². The predicted molar refractivity (Wildman–Crippen MR) is 98.0 cm³/mol. The Labute approximate surface area is 149 Å². The van der Waals surface area contributed by atoms with Crippen LogP contribution in [0.2, 0.25) is 0 Å². The topological polar surface area (TPSA) is 72.6 Å². The standard InChI is InChI=1S/C17H22N2O3S.ClH/c1-22-15-9-10-19(14(11-15)12-18)23(20,21)17-8-4-6-13-5-2-3-7-16(13)17;/h2-8,14-15H,9-12,18H2,1H3;1H. The summed E-state index contributed by atoms with van der Waals surface area (Å²) >= 11 is 0. The Hall–Kier alpha value is -1.18. The van der Waals surface area contributed by atoms with E-state index in [4.69, 9.17) is 10.5 Å². The molecule has 1 saturated heterocycles. The van der Waals surface area contributed by atoms with Gasteiger partial charge in [0.25, 0.3) is 0 Å². The third kappa shape index (κ3) is 3.43. The van der Waals surface area contributed by atoms with Crippen molar-refractivity contribution in [1.29, 1.82) is 0 Å². The minimum atomic E-state index is -3.58. The maximum atomic E-state index is 13.2. The quantitative estimate of drug-likeness (QED) is 0.896. The molecule has 0 aliphatic carbocycles. The van der Waals surface area contributed by atoms with Crippen LogP contribution < -0.4 is 5.73 Å². The molecule has 1 aliphatic heterocycles. The van der Waals surface area contributed by atoms with Crippen LogP contribution in [0.1, 0.15) is 12.8 Å². The van der Waals surface area contributed by atoms with Crippen LogP contribution in [-0.2, 0) is 14.8 Å². The van der Waals surface area contributed by atoms with E-state index in [0.717, 1.165) is 10.8 Å². The molecule has 0 bridgehead atoms. The SMILES string of the molecule is COC1CCN(S(=O)(=O)c2cccc3ccccc23)C(CN)C1.Cl. The van der Waals surface area contributed by atoms with Gasteiger partial charge in [0.1, 0.15) is 0 Å². The minimum Gasteiger partial charge on any atom is -0.381 e. The van der Waals surface area contributed by atoms with Crippen LogP contribution in [0.4, 0.5) is 0 Å². The van der Waals surface area contributed by atoms with E-state index >= 15 is 0 Å². The number of piperidine rings is 1. The highest BCUT2D eigenvalue weighted by molar-refractivity contribution is 7.89. The van der Waals surface area contributed by atoms with Crippen LogP contribution in [0.5, 0.6) is 0 Å². The maximum absolute atomic E-state index is 13.2. The lowest BCUT2D eigenvalue weighted by Gasteiger charge is -2.37. The third-order valence-electron chi connectivity index (χ3n) is 4.56. The smallest absolute Gasteiger partial charge is 0.243 e. The highest BCUT2D eigenvalue weighted by Gasteiger charge is 2.36. The molecule has 7 heteroatoms. The van der Waals surface area contributed by atoms with Crippen LogP contribution in [0, 0.1) is 0 Å². The van der Waals surface area contributed by atoms with E-state index in [1.165, 1.54) is 0 Å². The summed E-state index contributed by atoms with van der Waals surface area (Å²) in [5.41, 5.74) is 5.84. The van der Waals surface area contributed by atoms with Crippen molar-refractivity contribution in [1.82, 2.24) is 4.31 Å². The van der Waals surface area contributed by atoms with Gasteiger partial charge in [-0.3, -0.25) is 0 Å². The average molecular weight is 371 g/mol. The lowest BCUT2D eigenvalue weighted by atomic mass is 10.0. The Balaban J connectivity index is 0.00000208. The van der Waals surface area contributed by atoms with Gasteiger partial charge in [0.2, 0.25) is 10.0 Å². The number of benzene rings is 2. The fraction of sp³-hybridized carbons (Fsp3) is 0.412. The molecule has 2 aromatic carbocycles. The third-order valence-corrected chi connectivity index (χ3v) is 6.57. The van der Waals surface area contributed by atoms with Crippen molar-refractivity contribution in [2.45, 2.75) is 29.9 Å². The number of fused-ring (bicyclic) bond motifs is 1. The highest BCUT2D eigenvalue weighted by atomic mass is 35.5. The van der Waals surface area contributed by atoms with E-state index in [2.05, 4.69) is 0 Å². The van der Waals surface area contributed by atoms with Crippen molar-refractivity contribution in [3.63, 3.8) is 0 Å². The van der Waals surface area contributed by atoms with Gasteiger partial charge in [0, 0.05) is 31.6 Å². The summed E-state index contributed by atoms with van der Waals surface area (Å²) in [6.07, 6.45) is 1.40. The second kappa shape index (κ2) is 7.80. The zero-order chi connectivity index (χ0) is 16.4. The molecule has 132 valence electrons. The van der Waals surface area contributed by atoms with Gasteiger partial charge in [-0.15, -0.1) is 12.4 Å². The molecule has 0 spiro atoms. The van der Waals surface area contributed by atoms with Crippen LogP contribution >= 0.6 is 12.4 Å². The van der Waals surface area contributed by atoms with Crippen molar-refractivity contribution in [2.24, 2.45) is 5.73 Å². The Morgan fingerprint density at radius 2 is 1.92 bits per heavy atom. The number of sulfonamides is 1. The van der Waals surface area contributed by atoms with Crippen molar-refractivity contribution < 1.29 is 13.2 Å². The van der Waals surface area contributed by atoms with Crippen molar-refractivity contribution >= 4 is 33.2 Å². The lowest BCUT2D eigenvalue weighted by Crippen LogP contribution is -2.51. The van der Waals surface area contributed by atoms with Gasteiger partial charge in [-0.05, 0) is 24.3 Å². The number of nitrogens with zero attached hydrogens (tertiary/aromatic N) is 1. The zero-order valence-electron chi connectivity index (χ0n) is 13.6. The largest absolute Gasteiger partial charge is 0.381 e. The number of ether oxygens (including phenoxy) is 1. The van der Waals surface area contributed by atoms with Crippen molar-refractivity contribution in [3.05, 3.63) is 42.5 Å². The number of methoxy groups -OCH3 is 1. The molecular weight excluding hydrogens is 348 g/mol. The molecule has 2 N–H and O–H groups in total. The normalized spacial score (nSPS) is 22.2. The molecule has 2 atom stereocenters. The van der Waals surface area contributed by atoms with E-state index in [1.54, 1.807) is 23.5 Å². The zero-order valence-corrected chi connectivity index (χ0v) is 15.2.